The number of Topliss-reactive ketones (excluding diaryl/α,β-unsaturated/α-hetero) is 1. The van der Waals surface area contributed by atoms with Crippen LogP contribution in [0, 0.1) is 0 Å². The molecular formula is C19H16O2. The van der Waals surface area contributed by atoms with Gasteiger partial charge < -0.3 is 0 Å². The highest BCUT2D eigenvalue weighted by atomic mass is 16.1. The largest absolute Gasteiger partial charge is 0.289 e. The van der Waals surface area contributed by atoms with Crippen molar-refractivity contribution in [3.8, 4) is 0 Å². The van der Waals surface area contributed by atoms with Gasteiger partial charge in [0.25, 0.3) is 0 Å². The van der Waals surface area contributed by atoms with Gasteiger partial charge in [-0.2, -0.15) is 0 Å². The van der Waals surface area contributed by atoms with Crippen LogP contribution in [-0.4, -0.2) is 11.6 Å². The normalized spacial score (nSPS) is 10.5. The Morgan fingerprint density at radius 1 is 0.905 bits per heavy atom. The number of allylic oxidation sites excluding steroid dienone is 2. The van der Waals surface area contributed by atoms with Crippen molar-refractivity contribution in [3.05, 3.63) is 89.5 Å². The van der Waals surface area contributed by atoms with E-state index in [9.17, 15) is 9.59 Å². The molecule has 0 heterocycles. The van der Waals surface area contributed by atoms with Gasteiger partial charge in [-0.1, -0.05) is 67.3 Å². The van der Waals surface area contributed by atoms with Crippen LogP contribution in [0.1, 0.15) is 33.2 Å². The summed E-state index contributed by atoms with van der Waals surface area (Å²) in [6.45, 7) is 5.29. The minimum Gasteiger partial charge on any atom is -0.289 e. The number of hydrogen-bond donors (Lipinski definition) is 0. The molecule has 0 bridgehead atoms. The third-order valence-corrected chi connectivity index (χ3v) is 3.05. The highest BCUT2D eigenvalue weighted by Gasteiger charge is 2.07. The minimum absolute atomic E-state index is 0.0897. The summed E-state index contributed by atoms with van der Waals surface area (Å²) in [5.74, 6) is -0.193. The first-order valence-corrected chi connectivity index (χ1v) is 6.65. The molecule has 0 aromatic heterocycles. The molecule has 2 heteroatoms. The summed E-state index contributed by atoms with van der Waals surface area (Å²) < 4.78 is 0. The van der Waals surface area contributed by atoms with Crippen LogP contribution in [0.2, 0.25) is 0 Å². The fourth-order valence-corrected chi connectivity index (χ4v) is 1.86. The number of rotatable bonds is 5. The van der Waals surface area contributed by atoms with Crippen molar-refractivity contribution in [1.82, 2.24) is 0 Å². The molecular weight excluding hydrogens is 260 g/mol. The molecule has 2 aromatic rings. The van der Waals surface area contributed by atoms with E-state index >= 15 is 0 Å². The Balaban J connectivity index is 2.12. The van der Waals surface area contributed by atoms with Crippen LogP contribution in [0.25, 0.3) is 6.08 Å². The van der Waals surface area contributed by atoms with E-state index in [0.717, 1.165) is 5.56 Å². The Kier molecular flexibility index (Phi) is 4.62. The molecule has 0 spiro atoms. The lowest BCUT2D eigenvalue weighted by atomic mass is 10.0. The van der Waals surface area contributed by atoms with Crippen LogP contribution in [-0.2, 0) is 0 Å². The molecule has 104 valence electrons. The van der Waals surface area contributed by atoms with E-state index in [4.69, 9.17) is 0 Å². The summed E-state index contributed by atoms with van der Waals surface area (Å²) in [4.78, 5) is 23.8. The smallest absolute Gasteiger partial charge is 0.188 e. The van der Waals surface area contributed by atoms with Crippen LogP contribution in [0.5, 0.6) is 0 Å². The summed E-state index contributed by atoms with van der Waals surface area (Å²) >= 11 is 0. The average molecular weight is 276 g/mol. The standard InChI is InChI=1S/C19H16O2/c1-14(2)19(21)17-11-9-16(10-12-17)18(20)13-8-15-6-4-3-5-7-15/h3-13H,1H2,2H3. The highest BCUT2D eigenvalue weighted by molar-refractivity contribution is 6.10. The van der Waals surface area contributed by atoms with Gasteiger partial charge in [-0.05, 0) is 24.1 Å². The monoisotopic (exact) mass is 276 g/mol. The minimum atomic E-state index is -0.103. The number of carbonyl (C=O) groups excluding carboxylic acids is 2. The fourth-order valence-electron chi connectivity index (χ4n) is 1.86. The van der Waals surface area contributed by atoms with Crippen molar-refractivity contribution in [3.63, 3.8) is 0 Å². The quantitative estimate of drug-likeness (QED) is 0.601. The van der Waals surface area contributed by atoms with Gasteiger partial charge >= 0.3 is 0 Å². The van der Waals surface area contributed by atoms with Gasteiger partial charge in [0, 0.05) is 11.1 Å². The Labute approximate surface area is 124 Å². The predicted molar refractivity (Wildman–Crippen MR) is 85.4 cm³/mol. The van der Waals surface area contributed by atoms with Gasteiger partial charge in [-0.25, -0.2) is 0 Å². The molecule has 0 aliphatic rings. The van der Waals surface area contributed by atoms with Crippen molar-refractivity contribution in [1.29, 1.82) is 0 Å². The third-order valence-electron chi connectivity index (χ3n) is 3.05. The van der Waals surface area contributed by atoms with E-state index in [1.165, 1.54) is 6.08 Å². The Bertz CT molecular complexity index is 692. The SMILES string of the molecule is C=C(C)C(=O)c1ccc(C(=O)C=Cc2ccccc2)cc1. The van der Waals surface area contributed by atoms with Crippen molar-refractivity contribution >= 4 is 17.6 Å². The van der Waals surface area contributed by atoms with Gasteiger partial charge in [0.05, 0.1) is 0 Å². The Morgan fingerprint density at radius 2 is 1.48 bits per heavy atom. The van der Waals surface area contributed by atoms with Crippen LogP contribution in [0.3, 0.4) is 0 Å². The molecule has 21 heavy (non-hydrogen) atoms. The first-order valence-electron chi connectivity index (χ1n) is 6.65. The summed E-state index contributed by atoms with van der Waals surface area (Å²) in [5, 5.41) is 0. The molecule has 0 amide bonds. The predicted octanol–water partition coefficient (Wildman–Crippen LogP) is 4.34. The molecule has 0 radical (unpaired) electrons. The van der Waals surface area contributed by atoms with E-state index in [1.54, 1.807) is 37.3 Å². The van der Waals surface area contributed by atoms with Gasteiger partial charge in [-0.3, -0.25) is 9.59 Å². The number of benzene rings is 2. The molecule has 0 saturated carbocycles. The molecule has 0 aliphatic carbocycles. The summed E-state index contributed by atoms with van der Waals surface area (Å²) in [6.07, 6.45) is 3.31. The lowest BCUT2D eigenvalue weighted by Gasteiger charge is -2.01. The fraction of sp³-hybridized carbons (Fsp3) is 0.0526. The molecule has 2 rings (SSSR count). The van der Waals surface area contributed by atoms with Gasteiger partial charge in [-0.15, -0.1) is 0 Å². The van der Waals surface area contributed by atoms with Crippen molar-refractivity contribution in [2.24, 2.45) is 0 Å². The number of hydrogen-bond acceptors (Lipinski definition) is 2. The van der Waals surface area contributed by atoms with E-state index in [1.807, 2.05) is 30.3 Å². The van der Waals surface area contributed by atoms with Crippen molar-refractivity contribution < 1.29 is 9.59 Å². The van der Waals surface area contributed by atoms with Gasteiger partial charge in [0.2, 0.25) is 0 Å². The Morgan fingerprint density at radius 3 is 2.05 bits per heavy atom. The lowest BCUT2D eigenvalue weighted by molar-refractivity contribution is 0.102. The van der Waals surface area contributed by atoms with Crippen LogP contribution < -0.4 is 0 Å². The maximum atomic E-state index is 12.0. The molecule has 0 aliphatic heterocycles. The second-order valence-electron chi connectivity index (χ2n) is 4.80. The van der Waals surface area contributed by atoms with E-state index in [-0.39, 0.29) is 11.6 Å². The summed E-state index contributed by atoms with van der Waals surface area (Å²) in [6, 6.07) is 16.3. The number of carbonyl (C=O) groups is 2. The summed E-state index contributed by atoms with van der Waals surface area (Å²) in [5.41, 5.74) is 2.56. The molecule has 0 atom stereocenters. The van der Waals surface area contributed by atoms with Gasteiger partial charge in [0.1, 0.15) is 0 Å². The van der Waals surface area contributed by atoms with E-state index in [2.05, 4.69) is 6.58 Å². The topological polar surface area (TPSA) is 34.1 Å². The van der Waals surface area contributed by atoms with Crippen molar-refractivity contribution in [2.75, 3.05) is 0 Å². The van der Waals surface area contributed by atoms with Crippen LogP contribution in [0.15, 0.2) is 72.8 Å². The van der Waals surface area contributed by atoms with Gasteiger partial charge in [0.15, 0.2) is 11.6 Å². The molecule has 2 aromatic carbocycles. The zero-order chi connectivity index (χ0) is 15.2. The second kappa shape index (κ2) is 6.62. The third kappa shape index (κ3) is 3.86. The van der Waals surface area contributed by atoms with Crippen molar-refractivity contribution in [2.45, 2.75) is 6.92 Å². The zero-order valence-electron chi connectivity index (χ0n) is 11.9. The van der Waals surface area contributed by atoms with Crippen LogP contribution in [0.4, 0.5) is 0 Å². The maximum Gasteiger partial charge on any atom is 0.188 e. The molecule has 0 N–H and O–H groups in total. The second-order valence-corrected chi connectivity index (χ2v) is 4.80. The average Bonchev–Trinajstić information content (AvgIpc) is 2.53. The lowest BCUT2D eigenvalue weighted by Crippen LogP contribution is -2.01. The zero-order valence-corrected chi connectivity index (χ0v) is 11.9. The van der Waals surface area contributed by atoms with Crippen LogP contribution >= 0.6 is 0 Å². The molecule has 0 unspecified atom stereocenters. The molecule has 0 saturated heterocycles. The van der Waals surface area contributed by atoms with E-state index in [0.29, 0.717) is 16.7 Å². The summed E-state index contributed by atoms with van der Waals surface area (Å²) in [7, 11) is 0. The maximum absolute atomic E-state index is 12.0. The molecule has 2 nitrogen and oxygen atoms in total. The van der Waals surface area contributed by atoms with E-state index < -0.39 is 0 Å². The highest BCUT2D eigenvalue weighted by Crippen LogP contribution is 2.11. The molecule has 0 fully saturated rings. The Hall–Kier alpha value is -2.74. The first-order chi connectivity index (χ1) is 10.1. The first kappa shape index (κ1) is 14.7. The number of ketones is 2.